The Kier molecular flexibility index (Phi) is 3.75. The van der Waals surface area contributed by atoms with E-state index >= 15 is 0 Å². The van der Waals surface area contributed by atoms with Crippen molar-refractivity contribution >= 4 is 21.4 Å². The van der Waals surface area contributed by atoms with E-state index in [2.05, 4.69) is 5.32 Å². The van der Waals surface area contributed by atoms with E-state index in [-0.39, 0.29) is 18.3 Å². The van der Waals surface area contributed by atoms with Gasteiger partial charge in [-0.15, -0.1) is 0 Å². The van der Waals surface area contributed by atoms with Gasteiger partial charge in [-0.3, -0.25) is 4.79 Å². The summed E-state index contributed by atoms with van der Waals surface area (Å²) in [7, 11) is -3.16. The largest absolute Gasteiger partial charge is 0.484 e. The van der Waals surface area contributed by atoms with E-state index in [1.165, 1.54) is 6.08 Å². The maximum Gasteiger partial charge on any atom is 0.258 e. The molecule has 0 bridgehead atoms. The Bertz CT molecular complexity index is 593. The summed E-state index contributed by atoms with van der Waals surface area (Å²) in [4.78, 5) is 11.6. The van der Waals surface area contributed by atoms with Gasteiger partial charge in [0, 0.05) is 11.1 Å². The van der Waals surface area contributed by atoms with Gasteiger partial charge in [-0.2, -0.15) is 0 Å². The van der Waals surface area contributed by atoms with Crippen molar-refractivity contribution in [2.45, 2.75) is 6.04 Å². The van der Waals surface area contributed by atoms with Gasteiger partial charge in [0.1, 0.15) is 5.75 Å². The predicted molar refractivity (Wildman–Crippen MR) is 71.2 cm³/mol. The highest BCUT2D eigenvalue weighted by atomic mass is 32.2. The first-order valence-electron chi connectivity index (χ1n) is 5.63. The number of anilines is 1. The number of sulfone groups is 1. The quantitative estimate of drug-likeness (QED) is 0.762. The molecule has 1 heterocycles. The maximum absolute atomic E-state index is 11.6. The third kappa shape index (κ3) is 3.99. The fourth-order valence-corrected chi connectivity index (χ4v) is 2.86. The zero-order chi connectivity index (χ0) is 13.9. The summed E-state index contributed by atoms with van der Waals surface area (Å²) in [5.41, 5.74) is 6.13. The second kappa shape index (κ2) is 5.31. The van der Waals surface area contributed by atoms with Crippen LogP contribution in [0.2, 0.25) is 0 Å². The molecular weight excluding hydrogens is 268 g/mol. The average Bonchev–Trinajstić information content (AvgIpc) is 2.68. The molecule has 102 valence electrons. The minimum absolute atomic E-state index is 0.0966. The molecule has 0 saturated heterocycles. The van der Waals surface area contributed by atoms with Crippen molar-refractivity contribution in [3.63, 3.8) is 0 Å². The van der Waals surface area contributed by atoms with Crippen LogP contribution < -0.4 is 15.8 Å². The van der Waals surface area contributed by atoms with Crippen LogP contribution in [0, 0.1) is 0 Å². The molecule has 7 heteroatoms. The van der Waals surface area contributed by atoms with Crippen LogP contribution in [0.4, 0.5) is 5.69 Å². The number of hydrogen-bond acceptors (Lipinski definition) is 5. The highest BCUT2D eigenvalue weighted by molar-refractivity contribution is 7.94. The van der Waals surface area contributed by atoms with Crippen LogP contribution in [0.3, 0.4) is 0 Å². The number of carbonyl (C=O) groups excluding carboxylic acids is 1. The second-order valence-electron chi connectivity index (χ2n) is 4.19. The number of nitrogen functional groups attached to an aromatic ring is 1. The zero-order valence-electron chi connectivity index (χ0n) is 10.1. The van der Waals surface area contributed by atoms with Crippen LogP contribution in [0.5, 0.6) is 5.75 Å². The monoisotopic (exact) mass is 282 g/mol. The van der Waals surface area contributed by atoms with Crippen molar-refractivity contribution in [1.82, 2.24) is 5.32 Å². The lowest BCUT2D eigenvalue weighted by molar-refractivity contribution is -0.123. The van der Waals surface area contributed by atoms with Gasteiger partial charge < -0.3 is 15.8 Å². The number of rotatable bonds is 4. The molecule has 1 aromatic carbocycles. The molecule has 1 aromatic rings. The number of carbonyl (C=O) groups is 1. The smallest absolute Gasteiger partial charge is 0.258 e. The normalized spacial score (nSPS) is 20.1. The van der Waals surface area contributed by atoms with Gasteiger partial charge in [-0.25, -0.2) is 8.42 Å². The van der Waals surface area contributed by atoms with Crippen LogP contribution in [0.1, 0.15) is 0 Å². The van der Waals surface area contributed by atoms with Crippen molar-refractivity contribution < 1.29 is 17.9 Å². The SMILES string of the molecule is Nc1ccc(OCC(=O)NC2C=CS(=O)(=O)C2)cc1. The minimum atomic E-state index is -3.16. The molecule has 0 fully saturated rings. The van der Waals surface area contributed by atoms with Crippen LogP contribution in [0.15, 0.2) is 35.7 Å². The fraction of sp³-hybridized carbons (Fsp3) is 0.250. The van der Waals surface area contributed by atoms with Gasteiger partial charge in [0.25, 0.3) is 5.91 Å². The summed E-state index contributed by atoms with van der Waals surface area (Å²) in [5, 5.41) is 3.67. The van der Waals surface area contributed by atoms with E-state index in [0.717, 1.165) is 5.41 Å². The Morgan fingerprint density at radius 1 is 1.37 bits per heavy atom. The standard InChI is InChI=1S/C12H14N2O4S/c13-9-1-3-11(4-2-9)18-7-12(15)14-10-5-6-19(16,17)8-10/h1-6,10H,7-8,13H2,(H,14,15). The number of hydrogen-bond donors (Lipinski definition) is 2. The lowest BCUT2D eigenvalue weighted by Gasteiger charge is -2.11. The lowest BCUT2D eigenvalue weighted by atomic mass is 10.3. The molecular formula is C12H14N2O4S. The molecule has 19 heavy (non-hydrogen) atoms. The Morgan fingerprint density at radius 2 is 2.05 bits per heavy atom. The van der Waals surface area contributed by atoms with Crippen LogP contribution in [-0.2, 0) is 14.6 Å². The van der Waals surface area contributed by atoms with E-state index in [1.54, 1.807) is 24.3 Å². The molecule has 0 radical (unpaired) electrons. The van der Waals surface area contributed by atoms with E-state index in [0.29, 0.717) is 11.4 Å². The third-order valence-corrected chi connectivity index (χ3v) is 3.92. The van der Waals surface area contributed by atoms with Gasteiger partial charge in [0.05, 0.1) is 11.8 Å². The number of ether oxygens (including phenoxy) is 1. The number of nitrogens with two attached hydrogens (primary N) is 1. The molecule has 2 rings (SSSR count). The molecule has 1 amide bonds. The summed E-state index contributed by atoms with van der Waals surface area (Å²) in [6, 6.07) is 6.16. The average molecular weight is 282 g/mol. The summed E-state index contributed by atoms with van der Waals surface area (Å²) in [6.07, 6.45) is 1.45. The third-order valence-electron chi connectivity index (χ3n) is 2.53. The van der Waals surface area contributed by atoms with Gasteiger partial charge in [0.15, 0.2) is 16.4 Å². The molecule has 1 unspecified atom stereocenters. The first-order valence-corrected chi connectivity index (χ1v) is 7.35. The van der Waals surface area contributed by atoms with Crippen molar-refractivity contribution in [3.05, 3.63) is 35.7 Å². The Balaban J connectivity index is 1.79. The van der Waals surface area contributed by atoms with E-state index in [4.69, 9.17) is 10.5 Å². The number of benzene rings is 1. The molecule has 1 aliphatic heterocycles. The van der Waals surface area contributed by atoms with Gasteiger partial charge in [0.2, 0.25) is 0 Å². The highest BCUT2D eigenvalue weighted by Gasteiger charge is 2.22. The minimum Gasteiger partial charge on any atom is -0.484 e. The van der Waals surface area contributed by atoms with Crippen molar-refractivity contribution in [2.75, 3.05) is 18.1 Å². The number of amides is 1. The molecule has 0 aliphatic carbocycles. The Morgan fingerprint density at radius 3 is 2.63 bits per heavy atom. The van der Waals surface area contributed by atoms with Gasteiger partial charge in [-0.05, 0) is 30.3 Å². The van der Waals surface area contributed by atoms with Gasteiger partial charge in [-0.1, -0.05) is 0 Å². The molecule has 1 aliphatic rings. The summed E-state index contributed by atoms with van der Waals surface area (Å²) in [5.74, 6) is 0.0585. The molecule has 1 atom stereocenters. The van der Waals surface area contributed by atoms with Crippen molar-refractivity contribution in [3.8, 4) is 5.75 Å². The topological polar surface area (TPSA) is 98.5 Å². The highest BCUT2D eigenvalue weighted by Crippen LogP contribution is 2.13. The van der Waals surface area contributed by atoms with Crippen molar-refractivity contribution in [1.29, 1.82) is 0 Å². The van der Waals surface area contributed by atoms with E-state index in [1.807, 2.05) is 0 Å². The predicted octanol–water partition coefficient (Wildman–Crippen LogP) is 0.0745. The Hall–Kier alpha value is -2.02. The number of nitrogens with one attached hydrogen (secondary N) is 1. The van der Waals surface area contributed by atoms with E-state index in [9.17, 15) is 13.2 Å². The molecule has 0 aromatic heterocycles. The summed E-state index contributed by atoms with van der Waals surface area (Å²) >= 11 is 0. The second-order valence-corrected chi connectivity index (χ2v) is 6.12. The molecule has 3 N–H and O–H groups in total. The van der Waals surface area contributed by atoms with Crippen LogP contribution >= 0.6 is 0 Å². The van der Waals surface area contributed by atoms with Crippen LogP contribution in [-0.4, -0.2) is 32.7 Å². The summed E-state index contributed by atoms with van der Waals surface area (Å²) < 4.78 is 27.5. The maximum atomic E-state index is 11.6. The van der Waals surface area contributed by atoms with Crippen molar-refractivity contribution in [2.24, 2.45) is 0 Å². The zero-order valence-corrected chi connectivity index (χ0v) is 10.9. The molecule has 6 nitrogen and oxygen atoms in total. The first-order chi connectivity index (χ1) is 8.94. The summed E-state index contributed by atoms with van der Waals surface area (Å²) in [6.45, 7) is -0.172. The first kappa shape index (κ1) is 13.4. The fourth-order valence-electron chi connectivity index (χ4n) is 1.63. The van der Waals surface area contributed by atoms with Gasteiger partial charge >= 0.3 is 0 Å². The van der Waals surface area contributed by atoms with E-state index < -0.39 is 15.9 Å². The lowest BCUT2D eigenvalue weighted by Crippen LogP contribution is -2.38. The van der Waals surface area contributed by atoms with Crippen LogP contribution in [0.25, 0.3) is 0 Å². The Labute approximate surface area is 111 Å². The molecule has 0 spiro atoms. The molecule has 0 saturated carbocycles.